The third-order valence-corrected chi connectivity index (χ3v) is 4.33. The van der Waals surface area contributed by atoms with Gasteiger partial charge < -0.3 is 10.4 Å². The molecular formula is C22H23NO2. The molecule has 1 amide bonds. The van der Waals surface area contributed by atoms with E-state index in [4.69, 9.17) is 0 Å². The van der Waals surface area contributed by atoms with Gasteiger partial charge in [0.1, 0.15) is 5.75 Å². The molecule has 1 atom stereocenters. The van der Waals surface area contributed by atoms with E-state index in [1.165, 1.54) is 0 Å². The first-order valence-corrected chi connectivity index (χ1v) is 8.44. The minimum atomic E-state index is -0.521. The Morgan fingerprint density at radius 3 is 2.24 bits per heavy atom. The molecule has 0 saturated heterocycles. The summed E-state index contributed by atoms with van der Waals surface area (Å²) in [6.45, 7) is 5.65. The molecule has 3 heteroatoms. The number of phenolic OH excluding ortho intramolecular Hbond substituents is 1. The minimum absolute atomic E-state index is 0.0614. The largest absolute Gasteiger partial charge is 0.508 e. The highest BCUT2D eigenvalue weighted by atomic mass is 16.3. The molecule has 0 aliphatic heterocycles. The molecule has 0 aliphatic rings. The highest BCUT2D eigenvalue weighted by Crippen LogP contribution is 2.36. The lowest BCUT2D eigenvalue weighted by atomic mass is 9.90. The van der Waals surface area contributed by atoms with Crippen molar-refractivity contribution in [3.05, 3.63) is 77.9 Å². The quantitative estimate of drug-likeness (QED) is 0.723. The maximum Gasteiger partial charge on any atom is 0.226 e. The number of benzene rings is 3. The summed E-state index contributed by atoms with van der Waals surface area (Å²) in [5.41, 5.74) is 1.14. The van der Waals surface area contributed by atoms with E-state index in [1.54, 1.807) is 6.07 Å². The maximum atomic E-state index is 12.7. The van der Waals surface area contributed by atoms with Crippen LogP contribution in [0.15, 0.2) is 66.7 Å². The van der Waals surface area contributed by atoms with Gasteiger partial charge in [-0.3, -0.25) is 4.79 Å². The van der Waals surface area contributed by atoms with Crippen molar-refractivity contribution in [2.45, 2.75) is 26.8 Å². The Hall–Kier alpha value is -2.81. The molecule has 3 nitrogen and oxygen atoms in total. The Balaban J connectivity index is 2.19. The lowest BCUT2D eigenvalue weighted by molar-refractivity contribution is -0.129. The van der Waals surface area contributed by atoms with Gasteiger partial charge in [0, 0.05) is 11.0 Å². The molecule has 0 heterocycles. The second kappa shape index (κ2) is 6.60. The molecule has 0 saturated carbocycles. The smallest absolute Gasteiger partial charge is 0.226 e. The Bertz CT molecular complexity index is 895. The van der Waals surface area contributed by atoms with Crippen LogP contribution in [0.25, 0.3) is 10.8 Å². The lowest BCUT2D eigenvalue weighted by Gasteiger charge is -2.26. The van der Waals surface area contributed by atoms with Gasteiger partial charge in [-0.05, 0) is 22.4 Å². The van der Waals surface area contributed by atoms with Crippen LogP contribution in [0.1, 0.15) is 37.9 Å². The topological polar surface area (TPSA) is 49.3 Å². The Labute approximate surface area is 148 Å². The summed E-state index contributed by atoms with van der Waals surface area (Å²) in [6.07, 6.45) is 0. The van der Waals surface area contributed by atoms with Crippen molar-refractivity contribution in [3.8, 4) is 5.75 Å². The fraction of sp³-hybridized carbons (Fsp3) is 0.227. The monoisotopic (exact) mass is 333 g/mol. The zero-order valence-electron chi connectivity index (χ0n) is 14.8. The molecule has 25 heavy (non-hydrogen) atoms. The van der Waals surface area contributed by atoms with Crippen LogP contribution in [-0.4, -0.2) is 11.0 Å². The lowest BCUT2D eigenvalue weighted by Crippen LogP contribution is -2.38. The highest BCUT2D eigenvalue weighted by molar-refractivity contribution is 5.90. The normalized spacial score (nSPS) is 12.8. The van der Waals surface area contributed by atoms with Crippen LogP contribution in [0.4, 0.5) is 0 Å². The highest BCUT2D eigenvalue weighted by Gasteiger charge is 2.28. The average molecular weight is 333 g/mol. The number of carbonyl (C=O) groups is 1. The van der Waals surface area contributed by atoms with Gasteiger partial charge >= 0.3 is 0 Å². The standard InChI is InChI=1S/C22H23NO2/c1-22(2,3)21(25)23-20(16-10-5-4-6-11-16)19-17-12-8-7-9-15(17)13-14-18(19)24/h4-14,20,24H,1-3H3,(H,23,25)/t20-/m0/s1. The molecule has 128 valence electrons. The molecule has 3 aromatic carbocycles. The third-order valence-electron chi connectivity index (χ3n) is 4.33. The molecule has 0 unspecified atom stereocenters. The average Bonchev–Trinajstić information content (AvgIpc) is 2.60. The van der Waals surface area contributed by atoms with Gasteiger partial charge in [-0.1, -0.05) is 81.4 Å². The molecular weight excluding hydrogens is 310 g/mol. The van der Waals surface area contributed by atoms with Crippen LogP contribution in [0.3, 0.4) is 0 Å². The van der Waals surface area contributed by atoms with Crippen LogP contribution in [0.5, 0.6) is 5.75 Å². The number of carbonyl (C=O) groups excluding carboxylic acids is 1. The second-order valence-electron chi connectivity index (χ2n) is 7.29. The number of hydrogen-bond donors (Lipinski definition) is 2. The van der Waals surface area contributed by atoms with E-state index in [2.05, 4.69) is 5.32 Å². The van der Waals surface area contributed by atoms with Crippen LogP contribution < -0.4 is 5.32 Å². The first-order valence-electron chi connectivity index (χ1n) is 8.44. The number of fused-ring (bicyclic) bond motifs is 1. The van der Waals surface area contributed by atoms with Crippen LogP contribution in [-0.2, 0) is 4.79 Å². The van der Waals surface area contributed by atoms with Gasteiger partial charge in [0.2, 0.25) is 5.91 Å². The first kappa shape index (κ1) is 17.0. The van der Waals surface area contributed by atoms with E-state index in [-0.39, 0.29) is 11.7 Å². The van der Waals surface area contributed by atoms with Gasteiger partial charge in [0.15, 0.2) is 0 Å². The van der Waals surface area contributed by atoms with E-state index < -0.39 is 11.5 Å². The molecule has 0 bridgehead atoms. The summed E-state index contributed by atoms with van der Waals surface area (Å²) < 4.78 is 0. The van der Waals surface area contributed by atoms with Crippen molar-refractivity contribution in [1.29, 1.82) is 0 Å². The van der Waals surface area contributed by atoms with Gasteiger partial charge in [-0.15, -0.1) is 0 Å². The van der Waals surface area contributed by atoms with E-state index in [0.29, 0.717) is 0 Å². The molecule has 3 aromatic rings. The number of phenols is 1. The van der Waals surface area contributed by atoms with Crippen molar-refractivity contribution >= 4 is 16.7 Å². The molecule has 0 fully saturated rings. The maximum absolute atomic E-state index is 12.7. The van der Waals surface area contributed by atoms with Crippen molar-refractivity contribution < 1.29 is 9.90 Å². The first-order chi connectivity index (χ1) is 11.9. The zero-order valence-corrected chi connectivity index (χ0v) is 14.8. The SMILES string of the molecule is CC(C)(C)C(=O)N[C@@H](c1ccccc1)c1c(O)ccc2ccccc12. The number of rotatable bonds is 3. The van der Waals surface area contributed by atoms with E-state index in [0.717, 1.165) is 21.9 Å². The van der Waals surface area contributed by atoms with Crippen LogP contribution >= 0.6 is 0 Å². The minimum Gasteiger partial charge on any atom is -0.508 e. The van der Waals surface area contributed by atoms with Crippen molar-refractivity contribution in [2.75, 3.05) is 0 Å². The van der Waals surface area contributed by atoms with E-state index in [9.17, 15) is 9.90 Å². The summed E-state index contributed by atoms with van der Waals surface area (Å²) in [4.78, 5) is 12.7. The summed E-state index contributed by atoms with van der Waals surface area (Å²) in [5, 5.41) is 15.7. The number of aromatic hydroxyl groups is 1. The molecule has 0 spiro atoms. The Kier molecular flexibility index (Phi) is 4.49. The summed E-state index contributed by atoms with van der Waals surface area (Å²) in [7, 11) is 0. The molecule has 0 aromatic heterocycles. The van der Waals surface area contributed by atoms with Crippen LogP contribution in [0, 0.1) is 5.41 Å². The van der Waals surface area contributed by atoms with E-state index >= 15 is 0 Å². The second-order valence-corrected chi connectivity index (χ2v) is 7.29. The molecule has 3 rings (SSSR count). The van der Waals surface area contributed by atoms with E-state index in [1.807, 2.05) is 81.4 Å². The molecule has 0 radical (unpaired) electrons. The van der Waals surface area contributed by atoms with Crippen molar-refractivity contribution in [1.82, 2.24) is 5.32 Å². The van der Waals surface area contributed by atoms with Gasteiger partial charge in [-0.25, -0.2) is 0 Å². The Morgan fingerprint density at radius 1 is 0.920 bits per heavy atom. The number of nitrogens with one attached hydrogen (secondary N) is 1. The molecule has 2 N–H and O–H groups in total. The number of hydrogen-bond acceptors (Lipinski definition) is 2. The predicted octanol–water partition coefficient (Wildman–Crippen LogP) is 4.80. The van der Waals surface area contributed by atoms with Crippen molar-refractivity contribution in [3.63, 3.8) is 0 Å². The molecule has 0 aliphatic carbocycles. The summed E-state index contributed by atoms with van der Waals surface area (Å²) in [6, 6.07) is 20.8. The fourth-order valence-corrected chi connectivity index (χ4v) is 2.90. The Morgan fingerprint density at radius 2 is 1.56 bits per heavy atom. The van der Waals surface area contributed by atoms with Crippen LogP contribution in [0.2, 0.25) is 0 Å². The van der Waals surface area contributed by atoms with Gasteiger partial charge in [-0.2, -0.15) is 0 Å². The third kappa shape index (κ3) is 3.50. The summed E-state index contributed by atoms with van der Waals surface area (Å²) in [5.74, 6) is 0.121. The fourth-order valence-electron chi connectivity index (χ4n) is 2.90. The predicted molar refractivity (Wildman–Crippen MR) is 101 cm³/mol. The van der Waals surface area contributed by atoms with Crippen molar-refractivity contribution in [2.24, 2.45) is 5.41 Å². The number of amides is 1. The van der Waals surface area contributed by atoms with Gasteiger partial charge in [0.05, 0.1) is 6.04 Å². The van der Waals surface area contributed by atoms with Gasteiger partial charge in [0.25, 0.3) is 0 Å². The zero-order chi connectivity index (χ0) is 18.0. The summed E-state index contributed by atoms with van der Waals surface area (Å²) >= 11 is 0.